The molecule has 0 bridgehead atoms. The number of nitro groups is 1. The van der Waals surface area contributed by atoms with E-state index >= 15 is 0 Å². The molecule has 1 N–H and O–H groups in total. The fourth-order valence-electron chi connectivity index (χ4n) is 2.30. The lowest BCUT2D eigenvalue weighted by Crippen LogP contribution is -2.34. The van der Waals surface area contributed by atoms with Gasteiger partial charge >= 0.3 is 0 Å². The molecule has 0 atom stereocenters. The first-order valence-electron chi connectivity index (χ1n) is 6.34. The summed E-state index contributed by atoms with van der Waals surface area (Å²) in [6.45, 7) is 1.15. The molecule has 1 amide bonds. The van der Waals surface area contributed by atoms with Crippen LogP contribution in [-0.4, -0.2) is 29.3 Å². The molecule has 1 fully saturated rings. The Balaban J connectivity index is 2.23. The second kappa shape index (κ2) is 5.69. The van der Waals surface area contributed by atoms with Gasteiger partial charge in [0, 0.05) is 49.9 Å². The van der Waals surface area contributed by atoms with Crippen molar-refractivity contribution in [3.8, 4) is 0 Å². The highest BCUT2D eigenvalue weighted by Gasteiger charge is 2.20. The summed E-state index contributed by atoms with van der Waals surface area (Å²) in [4.78, 5) is 24.0. The maximum atomic E-state index is 11.8. The van der Waals surface area contributed by atoms with Crippen LogP contribution in [0.2, 0.25) is 0 Å². The summed E-state index contributed by atoms with van der Waals surface area (Å²) in [6, 6.07) is 4.68. The highest BCUT2D eigenvalue weighted by Crippen LogP contribution is 2.24. The van der Waals surface area contributed by atoms with Gasteiger partial charge in [-0.15, -0.1) is 0 Å². The fourth-order valence-corrected chi connectivity index (χ4v) is 2.30. The molecule has 2 rings (SSSR count). The van der Waals surface area contributed by atoms with E-state index in [0.717, 1.165) is 30.6 Å². The van der Waals surface area contributed by atoms with Gasteiger partial charge in [0.05, 0.1) is 4.92 Å². The number of rotatable bonds is 4. The van der Waals surface area contributed by atoms with E-state index in [0.29, 0.717) is 13.0 Å². The molecule has 1 aliphatic heterocycles. The Kier molecular flexibility index (Phi) is 3.99. The molecule has 1 aromatic carbocycles. The molecular weight excluding hydrogens is 246 g/mol. The molecule has 0 unspecified atom stereocenters. The predicted molar refractivity (Wildman–Crippen MR) is 71.9 cm³/mol. The van der Waals surface area contributed by atoms with E-state index in [1.807, 2.05) is 0 Å². The molecule has 0 aliphatic carbocycles. The zero-order valence-electron chi connectivity index (χ0n) is 10.9. The van der Waals surface area contributed by atoms with Gasteiger partial charge in [-0.2, -0.15) is 0 Å². The topological polar surface area (TPSA) is 75.5 Å². The Hall–Kier alpha value is -2.11. The molecule has 1 aromatic rings. The average molecular weight is 263 g/mol. The van der Waals surface area contributed by atoms with Crippen molar-refractivity contribution in [1.82, 2.24) is 4.90 Å². The third-order valence-electron chi connectivity index (χ3n) is 3.35. The van der Waals surface area contributed by atoms with E-state index < -0.39 is 4.92 Å². The first kappa shape index (κ1) is 13.3. The summed E-state index contributed by atoms with van der Waals surface area (Å²) in [5.74, 6) is 0.125. The minimum absolute atomic E-state index is 0.0541. The number of nitro benzene ring substituents is 1. The summed E-state index contributed by atoms with van der Waals surface area (Å²) in [7, 11) is 1.77. The van der Waals surface area contributed by atoms with Gasteiger partial charge in [-0.3, -0.25) is 14.9 Å². The lowest BCUT2D eigenvalue weighted by molar-refractivity contribution is -0.384. The molecule has 0 spiro atoms. The van der Waals surface area contributed by atoms with Crippen LogP contribution in [0.15, 0.2) is 18.2 Å². The van der Waals surface area contributed by atoms with Gasteiger partial charge in [-0.25, -0.2) is 0 Å². The molecule has 19 heavy (non-hydrogen) atoms. The minimum atomic E-state index is -0.416. The Morgan fingerprint density at radius 2 is 2.21 bits per heavy atom. The summed E-state index contributed by atoms with van der Waals surface area (Å²) >= 11 is 0. The number of amides is 1. The van der Waals surface area contributed by atoms with E-state index in [1.165, 1.54) is 12.1 Å². The molecule has 0 radical (unpaired) electrons. The Bertz CT molecular complexity index is 502. The molecule has 0 aromatic heterocycles. The third kappa shape index (κ3) is 3.01. The molecule has 1 saturated heterocycles. The highest BCUT2D eigenvalue weighted by molar-refractivity contribution is 5.77. The van der Waals surface area contributed by atoms with Crippen LogP contribution in [0, 0.1) is 10.1 Å². The van der Waals surface area contributed by atoms with Crippen molar-refractivity contribution >= 4 is 17.3 Å². The number of nitrogens with one attached hydrogen (secondary N) is 1. The van der Waals surface area contributed by atoms with Crippen molar-refractivity contribution in [2.75, 3.05) is 18.9 Å². The number of non-ortho nitro benzene ring substituents is 1. The quantitative estimate of drug-likeness (QED) is 0.667. The van der Waals surface area contributed by atoms with E-state index in [2.05, 4.69) is 5.32 Å². The predicted octanol–water partition coefficient (Wildman–Crippen LogP) is 2.15. The number of hydrogen-bond acceptors (Lipinski definition) is 4. The SMILES string of the molecule is CNc1ccc([N+](=O)[O-])cc1CN1CCCCC1=O. The van der Waals surface area contributed by atoms with E-state index in [4.69, 9.17) is 0 Å². The summed E-state index contributed by atoms with van der Waals surface area (Å²) in [5.41, 5.74) is 1.66. The maximum Gasteiger partial charge on any atom is 0.269 e. The normalized spacial score (nSPS) is 15.4. The van der Waals surface area contributed by atoms with Crippen molar-refractivity contribution in [2.24, 2.45) is 0 Å². The summed E-state index contributed by atoms with van der Waals surface area (Å²) in [5, 5.41) is 13.8. The van der Waals surface area contributed by atoms with Gasteiger partial charge in [0.25, 0.3) is 5.69 Å². The first-order chi connectivity index (χ1) is 9.11. The van der Waals surface area contributed by atoms with Crippen molar-refractivity contribution in [3.05, 3.63) is 33.9 Å². The van der Waals surface area contributed by atoms with Gasteiger partial charge in [-0.05, 0) is 18.9 Å². The number of anilines is 1. The summed E-state index contributed by atoms with van der Waals surface area (Å²) < 4.78 is 0. The number of piperidine rings is 1. The van der Waals surface area contributed by atoms with Crippen LogP contribution in [0.4, 0.5) is 11.4 Å². The van der Waals surface area contributed by atoms with Gasteiger partial charge < -0.3 is 10.2 Å². The number of carbonyl (C=O) groups excluding carboxylic acids is 1. The van der Waals surface area contributed by atoms with E-state index in [9.17, 15) is 14.9 Å². The van der Waals surface area contributed by atoms with E-state index in [1.54, 1.807) is 18.0 Å². The second-order valence-electron chi connectivity index (χ2n) is 4.62. The van der Waals surface area contributed by atoms with Crippen LogP contribution in [-0.2, 0) is 11.3 Å². The zero-order chi connectivity index (χ0) is 13.8. The number of nitrogens with zero attached hydrogens (tertiary/aromatic N) is 2. The monoisotopic (exact) mass is 263 g/mol. The maximum absolute atomic E-state index is 11.8. The van der Waals surface area contributed by atoms with Crippen LogP contribution in [0.5, 0.6) is 0 Å². The number of likely N-dealkylation sites (tertiary alicyclic amines) is 1. The van der Waals surface area contributed by atoms with Gasteiger partial charge in [0.15, 0.2) is 0 Å². The Labute approximate surface area is 111 Å². The Morgan fingerprint density at radius 1 is 1.42 bits per heavy atom. The van der Waals surface area contributed by atoms with Crippen molar-refractivity contribution < 1.29 is 9.72 Å². The van der Waals surface area contributed by atoms with Crippen molar-refractivity contribution in [3.63, 3.8) is 0 Å². The smallest absolute Gasteiger partial charge is 0.269 e. The van der Waals surface area contributed by atoms with Gasteiger partial charge in [-0.1, -0.05) is 0 Å². The molecule has 0 saturated carbocycles. The largest absolute Gasteiger partial charge is 0.388 e. The molecule has 6 nitrogen and oxygen atoms in total. The highest BCUT2D eigenvalue weighted by atomic mass is 16.6. The van der Waals surface area contributed by atoms with Crippen molar-refractivity contribution in [1.29, 1.82) is 0 Å². The zero-order valence-corrected chi connectivity index (χ0v) is 10.9. The van der Waals surface area contributed by atoms with Crippen LogP contribution in [0.1, 0.15) is 24.8 Å². The number of carbonyl (C=O) groups is 1. The van der Waals surface area contributed by atoms with Crippen LogP contribution in [0.25, 0.3) is 0 Å². The standard InChI is InChI=1S/C13H17N3O3/c1-14-12-6-5-11(16(18)19)8-10(12)9-15-7-3-2-4-13(15)17/h5-6,8,14H,2-4,7,9H2,1H3. The lowest BCUT2D eigenvalue weighted by Gasteiger charge is -2.27. The molecule has 1 heterocycles. The number of hydrogen-bond donors (Lipinski definition) is 1. The van der Waals surface area contributed by atoms with Crippen LogP contribution >= 0.6 is 0 Å². The van der Waals surface area contributed by atoms with Crippen LogP contribution in [0.3, 0.4) is 0 Å². The van der Waals surface area contributed by atoms with Gasteiger partial charge in [0.2, 0.25) is 5.91 Å². The minimum Gasteiger partial charge on any atom is -0.388 e. The average Bonchev–Trinajstić information content (AvgIpc) is 2.41. The molecular formula is C13H17N3O3. The van der Waals surface area contributed by atoms with Crippen molar-refractivity contribution in [2.45, 2.75) is 25.8 Å². The van der Waals surface area contributed by atoms with Crippen LogP contribution < -0.4 is 5.32 Å². The lowest BCUT2D eigenvalue weighted by atomic mass is 10.1. The van der Waals surface area contributed by atoms with E-state index in [-0.39, 0.29) is 11.6 Å². The summed E-state index contributed by atoms with van der Waals surface area (Å²) in [6.07, 6.45) is 2.50. The second-order valence-corrected chi connectivity index (χ2v) is 4.62. The molecule has 1 aliphatic rings. The Morgan fingerprint density at radius 3 is 2.84 bits per heavy atom. The molecule has 102 valence electrons. The van der Waals surface area contributed by atoms with Gasteiger partial charge in [0.1, 0.15) is 0 Å². The first-order valence-corrected chi connectivity index (χ1v) is 6.34. The molecule has 6 heteroatoms. The third-order valence-corrected chi connectivity index (χ3v) is 3.35. The fraction of sp³-hybridized carbons (Fsp3) is 0.462. The number of benzene rings is 1.